The van der Waals surface area contributed by atoms with Crippen LogP contribution >= 0.6 is 23.2 Å². The van der Waals surface area contributed by atoms with Gasteiger partial charge in [-0.05, 0) is 13.8 Å². The van der Waals surface area contributed by atoms with Crippen LogP contribution in [0.5, 0.6) is 0 Å². The van der Waals surface area contributed by atoms with Crippen molar-refractivity contribution in [1.82, 2.24) is 10.6 Å². The quantitative estimate of drug-likeness (QED) is 0.288. The van der Waals surface area contributed by atoms with Crippen LogP contribution in [0.1, 0.15) is 13.8 Å². The summed E-state index contributed by atoms with van der Waals surface area (Å²) in [4.78, 5) is 25.9. The van der Waals surface area contributed by atoms with E-state index in [0.29, 0.717) is 0 Å². The Labute approximate surface area is 152 Å². The second-order valence-corrected chi connectivity index (χ2v) is 5.47. The minimum Gasteiger partial charge on any atom is -0.463 e. The van der Waals surface area contributed by atoms with Gasteiger partial charge in [-0.3, -0.25) is 0 Å². The van der Waals surface area contributed by atoms with E-state index in [9.17, 15) is 40.7 Å². The van der Waals surface area contributed by atoms with Crippen molar-refractivity contribution in [2.45, 2.75) is 36.2 Å². The van der Waals surface area contributed by atoms with Crippen molar-refractivity contribution >= 4 is 41.2 Å². The fourth-order valence-corrected chi connectivity index (χ4v) is 1.56. The lowest BCUT2D eigenvalue weighted by atomic mass is 10.2. The largest absolute Gasteiger partial charge is 0.463 e. The summed E-state index contributed by atoms with van der Waals surface area (Å²) in [5.41, 5.74) is 0. The summed E-state index contributed by atoms with van der Waals surface area (Å²) in [5, 5.41) is 1.53. The maximum Gasteiger partial charge on any atom is 0.437 e. The zero-order valence-corrected chi connectivity index (χ0v) is 14.5. The first-order valence-corrected chi connectivity index (χ1v) is 7.28. The molecule has 7 nitrogen and oxygen atoms in total. The molecular formula is C11H12Cl2F6N2O5. The van der Waals surface area contributed by atoms with Crippen molar-refractivity contribution in [1.29, 1.82) is 0 Å². The first-order valence-electron chi connectivity index (χ1n) is 6.52. The fraction of sp³-hybridized carbons (Fsp3) is 0.727. The standard InChI is InChI=1S/C11H12Cl2F6N2O5/c1-3-25-5(22)8(12,10(14,15)16)20-7(24)21-9(13,11(17,18)19)6(23)26-4-2/h3-4H2,1-2H3,(H2,20,21,24)/t8-,9-/m1/s1. The SMILES string of the molecule is CCOC(=O)[C@@](Cl)(NC(=O)N[C@](Cl)(C(=O)OCC)C(F)(F)F)C(F)(F)F. The summed E-state index contributed by atoms with van der Waals surface area (Å²) in [6.07, 6.45) is -11.3. The number of carbonyl (C=O) groups excluding carboxylic acids is 3. The number of carbonyl (C=O) groups is 3. The van der Waals surface area contributed by atoms with Gasteiger partial charge in [-0.25, -0.2) is 14.4 Å². The molecule has 0 saturated heterocycles. The van der Waals surface area contributed by atoms with Crippen LogP contribution in [-0.2, 0) is 19.1 Å². The first-order chi connectivity index (χ1) is 11.6. The molecule has 2 atom stereocenters. The number of amides is 2. The minimum atomic E-state index is -5.67. The average Bonchev–Trinajstić information content (AvgIpc) is 2.44. The van der Waals surface area contributed by atoms with Crippen LogP contribution in [0, 0.1) is 0 Å². The number of hydrogen-bond acceptors (Lipinski definition) is 5. The number of urea groups is 1. The number of nitrogens with one attached hydrogen (secondary N) is 2. The van der Waals surface area contributed by atoms with Gasteiger partial charge in [0.1, 0.15) is 0 Å². The highest BCUT2D eigenvalue weighted by Gasteiger charge is 2.65. The maximum atomic E-state index is 13.0. The van der Waals surface area contributed by atoms with E-state index in [1.165, 1.54) is 0 Å². The highest BCUT2D eigenvalue weighted by molar-refractivity contribution is 6.36. The van der Waals surface area contributed by atoms with Crippen LogP contribution in [-0.4, -0.2) is 53.5 Å². The summed E-state index contributed by atoms with van der Waals surface area (Å²) in [6.45, 7) is 1.05. The third-order valence-electron chi connectivity index (χ3n) is 2.47. The summed E-state index contributed by atoms with van der Waals surface area (Å²) < 4.78 is 85.9. The summed E-state index contributed by atoms with van der Waals surface area (Å²) in [6, 6.07) is -2.34. The molecule has 152 valence electrons. The number of halogens is 8. The molecule has 0 spiro atoms. The van der Waals surface area contributed by atoms with Crippen LogP contribution in [0.25, 0.3) is 0 Å². The molecule has 0 radical (unpaired) electrons. The van der Waals surface area contributed by atoms with Gasteiger partial charge in [0.25, 0.3) is 0 Å². The van der Waals surface area contributed by atoms with Gasteiger partial charge in [-0.2, -0.15) is 26.3 Å². The molecule has 0 aromatic carbocycles. The lowest BCUT2D eigenvalue weighted by Crippen LogP contribution is -2.67. The van der Waals surface area contributed by atoms with Crippen molar-refractivity contribution in [2.75, 3.05) is 13.2 Å². The predicted molar refractivity (Wildman–Crippen MR) is 74.2 cm³/mol. The molecule has 0 aromatic rings. The molecule has 0 bridgehead atoms. The number of ether oxygens (including phenoxy) is 2. The van der Waals surface area contributed by atoms with E-state index in [4.69, 9.17) is 23.2 Å². The minimum absolute atomic E-state index is 0.586. The number of alkyl halides is 8. The van der Waals surface area contributed by atoms with Crippen molar-refractivity contribution in [2.24, 2.45) is 0 Å². The Kier molecular flexibility index (Phi) is 7.85. The molecule has 15 heteroatoms. The normalized spacial score (nSPS) is 16.7. The van der Waals surface area contributed by atoms with Gasteiger partial charge in [-0.15, -0.1) is 0 Å². The molecule has 26 heavy (non-hydrogen) atoms. The topological polar surface area (TPSA) is 93.7 Å². The molecule has 0 rings (SSSR count). The average molecular weight is 437 g/mol. The highest BCUT2D eigenvalue weighted by atomic mass is 35.5. The molecule has 2 N–H and O–H groups in total. The van der Waals surface area contributed by atoms with Gasteiger partial charge in [0.05, 0.1) is 13.2 Å². The lowest BCUT2D eigenvalue weighted by Gasteiger charge is -2.31. The van der Waals surface area contributed by atoms with Gasteiger partial charge in [0.2, 0.25) is 0 Å². The van der Waals surface area contributed by atoms with Crippen LogP contribution in [0.2, 0.25) is 0 Å². The molecule has 0 aliphatic rings. The number of esters is 2. The van der Waals surface area contributed by atoms with Crippen molar-refractivity contribution in [3.8, 4) is 0 Å². The maximum absolute atomic E-state index is 13.0. The summed E-state index contributed by atoms with van der Waals surface area (Å²) in [5.74, 6) is -4.43. The smallest absolute Gasteiger partial charge is 0.437 e. The number of rotatable bonds is 6. The molecule has 0 aromatic heterocycles. The van der Waals surface area contributed by atoms with E-state index < -0.39 is 53.5 Å². The van der Waals surface area contributed by atoms with E-state index in [2.05, 4.69) is 9.47 Å². The van der Waals surface area contributed by atoms with E-state index in [0.717, 1.165) is 24.5 Å². The lowest BCUT2D eigenvalue weighted by molar-refractivity contribution is -0.193. The predicted octanol–water partition coefficient (Wildman–Crippen LogP) is 2.41. The van der Waals surface area contributed by atoms with E-state index in [-0.39, 0.29) is 0 Å². The Morgan fingerprint density at radius 1 is 0.769 bits per heavy atom. The molecular weight excluding hydrogens is 425 g/mol. The van der Waals surface area contributed by atoms with E-state index >= 15 is 0 Å². The molecule has 2 amide bonds. The highest BCUT2D eigenvalue weighted by Crippen LogP contribution is 2.37. The van der Waals surface area contributed by atoms with Crippen LogP contribution in [0.4, 0.5) is 31.1 Å². The Morgan fingerprint density at radius 3 is 1.23 bits per heavy atom. The Morgan fingerprint density at radius 2 is 1.04 bits per heavy atom. The van der Waals surface area contributed by atoms with Gasteiger partial charge in [0.15, 0.2) is 0 Å². The zero-order chi connectivity index (χ0) is 21.0. The Bertz CT molecular complexity index is 512. The van der Waals surface area contributed by atoms with Crippen molar-refractivity contribution in [3.05, 3.63) is 0 Å². The first kappa shape index (κ1) is 24.4. The molecule has 0 unspecified atom stereocenters. The van der Waals surface area contributed by atoms with E-state index in [1.807, 2.05) is 0 Å². The van der Waals surface area contributed by atoms with Crippen LogP contribution < -0.4 is 10.6 Å². The molecule has 0 aliphatic carbocycles. The Hall–Kier alpha value is -1.63. The van der Waals surface area contributed by atoms with E-state index in [1.54, 1.807) is 0 Å². The Balaban J connectivity index is 5.68. The van der Waals surface area contributed by atoms with Gasteiger partial charge in [-0.1, -0.05) is 23.2 Å². The van der Waals surface area contributed by atoms with Gasteiger partial charge >= 0.3 is 40.3 Å². The molecule has 0 saturated carbocycles. The molecule has 0 heterocycles. The molecule has 0 fully saturated rings. The van der Waals surface area contributed by atoms with Crippen LogP contribution in [0.15, 0.2) is 0 Å². The van der Waals surface area contributed by atoms with Crippen LogP contribution in [0.3, 0.4) is 0 Å². The van der Waals surface area contributed by atoms with Crippen molar-refractivity contribution < 1.29 is 50.2 Å². The van der Waals surface area contributed by atoms with Gasteiger partial charge < -0.3 is 20.1 Å². The fourth-order valence-electron chi connectivity index (χ4n) is 1.28. The second kappa shape index (κ2) is 8.37. The number of hydrogen-bond donors (Lipinski definition) is 2. The third-order valence-corrected chi connectivity index (χ3v) is 3.39. The third kappa shape index (κ3) is 5.19. The van der Waals surface area contributed by atoms with Crippen molar-refractivity contribution in [3.63, 3.8) is 0 Å². The zero-order valence-electron chi connectivity index (χ0n) is 13.0. The van der Waals surface area contributed by atoms with Gasteiger partial charge in [0, 0.05) is 0 Å². The summed E-state index contributed by atoms with van der Waals surface area (Å²) >= 11 is 10.0. The second-order valence-electron chi connectivity index (χ2n) is 4.33. The monoisotopic (exact) mass is 436 g/mol. The molecule has 0 aliphatic heterocycles. The summed E-state index contributed by atoms with van der Waals surface area (Å²) in [7, 11) is 0.